The van der Waals surface area contributed by atoms with Crippen LogP contribution in [0.2, 0.25) is 0 Å². The van der Waals surface area contributed by atoms with Gasteiger partial charge in [0.25, 0.3) is 0 Å². The van der Waals surface area contributed by atoms with Crippen molar-refractivity contribution in [2.45, 2.75) is 31.3 Å². The SMILES string of the molecule is COc1cn(CC(=O)Nc2ccc3c(c2)OCCO3)c(CSc2nc(C)cc(C)n2)cc1=O. The fraction of sp³-hybridized carbons (Fsp3) is 0.304. The third kappa shape index (κ3) is 5.64. The molecule has 0 radical (unpaired) electrons. The first kappa shape index (κ1) is 22.7. The van der Waals surface area contributed by atoms with Gasteiger partial charge in [0.05, 0.1) is 13.3 Å². The smallest absolute Gasteiger partial charge is 0.244 e. The van der Waals surface area contributed by atoms with Gasteiger partial charge in [0, 0.05) is 40.7 Å². The van der Waals surface area contributed by atoms with Crippen LogP contribution >= 0.6 is 11.8 Å². The van der Waals surface area contributed by atoms with E-state index in [1.54, 1.807) is 29.0 Å². The van der Waals surface area contributed by atoms with E-state index in [0.717, 1.165) is 11.4 Å². The number of nitrogens with one attached hydrogen (secondary N) is 1. The number of carbonyl (C=O) groups is 1. The summed E-state index contributed by atoms with van der Waals surface area (Å²) in [5, 5.41) is 3.48. The quantitative estimate of drug-likeness (QED) is 0.417. The van der Waals surface area contributed by atoms with Gasteiger partial charge in [0.1, 0.15) is 19.8 Å². The van der Waals surface area contributed by atoms with E-state index < -0.39 is 0 Å². The van der Waals surface area contributed by atoms with Crippen LogP contribution in [-0.2, 0) is 17.1 Å². The lowest BCUT2D eigenvalue weighted by Gasteiger charge is -2.19. The number of carbonyl (C=O) groups excluding carboxylic acids is 1. The minimum absolute atomic E-state index is 0.00528. The summed E-state index contributed by atoms with van der Waals surface area (Å²) in [6.07, 6.45) is 1.55. The number of hydrogen-bond acceptors (Lipinski definition) is 8. The molecular formula is C23H24N4O5S. The van der Waals surface area contributed by atoms with Crippen molar-refractivity contribution in [3.05, 3.63) is 63.8 Å². The Kier molecular flexibility index (Phi) is 6.83. The van der Waals surface area contributed by atoms with Crippen molar-refractivity contribution in [1.29, 1.82) is 0 Å². The van der Waals surface area contributed by atoms with Gasteiger partial charge in [-0.05, 0) is 32.0 Å². The number of thioether (sulfide) groups is 1. The molecule has 0 aliphatic carbocycles. The van der Waals surface area contributed by atoms with Crippen LogP contribution in [0.1, 0.15) is 17.1 Å². The zero-order chi connectivity index (χ0) is 23.4. The van der Waals surface area contributed by atoms with Crippen LogP contribution in [0.4, 0.5) is 5.69 Å². The van der Waals surface area contributed by atoms with Gasteiger partial charge in [0.2, 0.25) is 11.3 Å². The molecule has 2 aromatic heterocycles. The van der Waals surface area contributed by atoms with E-state index in [-0.39, 0.29) is 23.6 Å². The molecule has 3 heterocycles. The summed E-state index contributed by atoms with van der Waals surface area (Å²) in [4.78, 5) is 34.0. The lowest BCUT2D eigenvalue weighted by atomic mass is 10.2. The molecule has 9 nitrogen and oxygen atoms in total. The van der Waals surface area contributed by atoms with Gasteiger partial charge in [-0.2, -0.15) is 0 Å². The highest BCUT2D eigenvalue weighted by atomic mass is 32.2. The first-order valence-electron chi connectivity index (χ1n) is 10.3. The van der Waals surface area contributed by atoms with Crippen LogP contribution in [0.25, 0.3) is 0 Å². The van der Waals surface area contributed by atoms with E-state index in [0.29, 0.717) is 47.0 Å². The number of rotatable bonds is 7. The lowest BCUT2D eigenvalue weighted by molar-refractivity contribution is -0.116. The molecule has 172 valence electrons. The number of nitrogens with zero attached hydrogens (tertiary/aromatic N) is 3. The van der Waals surface area contributed by atoms with Crippen molar-refractivity contribution in [2.24, 2.45) is 0 Å². The van der Waals surface area contributed by atoms with Crippen LogP contribution in [-0.4, -0.2) is 40.8 Å². The summed E-state index contributed by atoms with van der Waals surface area (Å²) in [7, 11) is 1.42. The molecule has 0 spiro atoms. The summed E-state index contributed by atoms with van der Waals surface area (Å²) < 4.78 is 17.9. The summed E-state index contributed by atoms with van der Waals surface area (Å²) in [6, 6.07) is 8.62. The standard InChI is InChI=1S/C23H24N4O5S/c1-14-8-15(2)25-23(24-14)33-13-17-10-18(28)21(30-3)11-27(17)12-22(29)26-16-4-5-19-20(9-16)32-7-6-31-19/h4-5,8-11H,6-7,12-13H2,1-3H3,(H,26,29). The Morgan fingerprint density at radius 3 is 2.58 bits per heavy atom. The Labute approximate surface area is 195 Å². The summed E-state index contributed by atoms with van der Waals surface area (Å²) >= 11 is 1.40. The van der Waals surface area contributed by atoms with Crippen molar-refractivity contribution in [1.82, 2.24) is 14.5 Å². The summed E-state index contributed by atoms with van der Waals surface area (Å²) in [6.45, 7) is 4.77. The average molecular weight is 469 g/mol. The summed E-state index contributed by atoms with van der Waals surface area (Å²) in [5.41, 5.74) is 2.74. The number of aryl methyl sites for hydroxylation is 2. The van der Waals surface area contributed by atoms with E-state index in [4.69, 9.17) is 14.2 Å². The number of hydrogen-bond donors (Lipinski definition) is 1. The topological polar surface area (TPSA) is 105 Å². The van der Waals surface area contributed by atoms with E-state index >= 15 is 0 Å². The first-order chi connectivity index (χ1) is 15.9. The Bertz CT molecular complexity index is 1220. The van der Waals surface area contributed by atoms with E-state index in [1.165, 1.54) is 24.9 Å². The van der Waals surface area contributed by atoms with Gasteiger partial charge in [-0.1, -0.05) is 11.8 Å². The molecule has 0 bridgehead atoms. The van der Waals surface area contributed by atoms with Gasteiger partial charge in [-0.25, -0.2) is 9.97 Å². The third-order valence-electron chi connectivity index (χ3n) is 4.85. The molecule has 33 heavy (non-hydrogen) atoms. The van der Waals surface area contributed by atoms with Gasteiger partial charge in [-0.15, -0.1) is 0 Å². The zero-order valence-electron chi connectivity index (χ0n) is 18.6. The summed E-state index contributed by atoms with van der Waals surface area (Å²) in [5.74, 6) is 1.57. The number of benzene rings is 1. The van der Waals surface area contributed by atoms with Crippen LogP contribution < -0.4 is 25.0 Å². The number of ether oxygens (including phenoxy) is 3. The molecule has 3 aromatic rings. The highest BCUT2D eigenvalue weighted by Crippen LogP contribution is 2.32. The average Bonchev–Trinajstić information content (AvgIpc) is 2.78. The second kappa shape index (κ2) is 9.95. The number of aromatic nitrogens is 3. The molecule has 4 rings (SSSR count). The monoisotopic (exact) mass is 468 g/mol. The number of methoxy groups -OCH3 is 1. The molecule has 1 amide bonds. The molecule has 10 heteroatoms. The molecule has 1 N–H and O–H groups in total. The Balaban J connectivity index is 1.51. The van der Waals surface area contributed by atoms with Crippen molar-refractivity contribution >= 4 is 23.4 Å². The third-order valence-corrected chi connectivity index (χ3v) is 5.73. The molecule has 0 fully saturated rings. The molecule has 1 aromatic carbocycles. The largest absolute Gasteiger partial charge is 0.491 e. The minimum atomic E-state index is -0.258. The van der Waals surface area contributed by atoms with E-state index in [2.05, 4.69) is 15.3 Å². The number of pyridine rings is 1. The maximum Gasteiger partial charge on any atom is 0.244 e. The van der Waals surface area contributed by atoms with Crippen molar-refractivity contribution in [2.75, 3.05) is 25.6 Å². The molecule has 0 unspecified atom stereocenters. The fourth-order valence-corrected chi connectivity index (χ4v) is 4.33. The Morgan fingerprint density at radius 1 is 1.12 bits per heavy atom. The highest BCUT2D eigenvalue weighted by molar-refractivity contribution is 7.98. The molecule has 1 aliphatic heterocycles. The van der Waals surface area contributed by atoms with Crippen LogP contribution in [0.3, 0.4) is 0 Å². The number of amides is 1. The van der Waals surface area contributed by atoms with Crippen molar-refractivity contribution in [3.8, 4) is 17.2 Å². The predicted molar refractivity (Wildman–Crippen MR) is 124 cm³/mol. The Hall–Kier alpha value is -3.53. The normalized spacial score (nSPS) is 12.3. The minimum Gasteiger partial charge on any atom is -0.491 e. The predicted octanol–water partition coefficient (Wildman–Crippen LogP) is 2.97. The highest BCUT2D eigenvalue weighted by Gasteiger charge is 2.15. The number of fused-ring (bicyclic) bond motifs is 1. The Morgan fingerprint density at radius 2 is 1.85 bits per heavy atom. The lowest BCUT2D eigenvalue weighted by Crippen LogP contribution is -2.23. The van der Waals surface area contributed by atoms with E-state index in [1.807, 2.05) is 19.9 Å². The van der Waals surface area contributed by atoms with Gasteiger partial charge >= 0.3 is 0 Å². The first-order valence-corrected chi connectivity index (χ1v) is 11.3. The van der Waals surface area contributed by atoms with Gasteiger partial charge in [-0.3, -0.25) is 9.59 Å². The second-order valence-corrected chi connectivity index (χ2v) is 8.40. The van der Waals surface area contributed by atoms with Crippen LogP contribution in [0, 0.1) is 13.8 Å². The number of anilines is 1. The molecule has 0 saturated carbocycles. The molecular weight excluding hydrogens is 444 g/mol. The maximum absolute atomic E-state index is 12.8. The van der Waals surface area contributed by atoms with Gasteiger partial charge in [0.15, 0.2) is 22.4 Å². The zero-order valence-corrected chi connectivity index (χ0v) is 19.4. The van der Waals surface area contributed by atoms with Crippen molar-refractivity contribution < 1.29 is 19.0 Å². The molecule has 0 saturated heterocycles. The molecule has 1 aliphatic rings. The molecule has 0 atom stereocenters. The van der Waals surface area contributed by atoms with Crippen LogP contribution in [0.5, 0.6) is 17.2 Å². The second-order valence-electron chi connectivity index (χ2n) is 7.45. The fourth-order valence-electron chi connectivity index (χ4n) is 3.39. The van der Waals surface area contributed by atoms with Crippen molar-refractivity contribution in [3.63, 3.8) is 0 Å². The van der Waals surface area contributed by atoms with Crippen LogP contribution in [0.15, 0.2) is 46.5 Å². The van der Waals surface area contributed by atoms with E-state index in [9.17, 15) is 9.59 Å². The van der Waals surface area contributed by atoms with Gasteiger partial charge < -0.3 is 24.1 Å². The maximum atomic E-state index is 12.8.